The first-order chi connectivity index (χ1) is 11.2. The molecule has 0 atom stereocenters. The van der Waals surface area contributed by atoms with Gasteiger partial charge in [0.2, 0.25) is 0 Å². The predicted octanol–water partition coefficient (Wildman–Crippen LogP) is 0.273. The fourth-order valence-electron chi connectivity index (χ4n) is 3.77. The van der Waals surface area contributed by atoms with E-state index in [1.54, 1.807) is 0 Å². The summed E-state index contributed by atoms with van der Waals surface area (Å²) in [5, 5.41) is 0. The number of benzene rings is 2. The summed E-state index contributed by atoms with van der Waals surface area (Å²) in [5.41, 5.74) is 7.23. The summed E-state index contributed by atoms with van der Waals surface area (Å²) in [4.78, 5) is 0. The quantitative estimate of drug-likeness (QED) is 0.578. The standard InChI is InChI=1S/C23H22.2ClH.Zr/c1-23(2,17-9-3-4-10-17)16-15-22-20-13-7-5-11-18(20)19-12-6-8-14-21(19)22;;;/h3-9,11-16,22H,10H2,1-2H3;2*1H;/q;;;+2/p-2. The van der Waals surface area contributed by atoms with E-state index in [1.807, 2.05) is 0 Å². The fraction of sp³-hybridized carbons (Fsp3) is 0.217. The first-order valence-electron chi connectivity index (χ1n) is 8.40. The van der Waals surface area contributed by atoms with Crippen molar-refractivity contribution in [2.75, 3.05) is 0 Å². The van der Waals surface area contributed by atoms with Crippen molar-refractivity contribution in [1.29, 1.82) is 0 Å². The molecule has 0 fully saturated rings. The smallest absolute Gasteiger partial charge is 1.00 e. The Balaban J connectivity index is 0.00000113. The molecule has 0 heterocycles. The van der Waals surface area contributed by atoms with Crippen LogP contribution in [0.25, 0.3) is 11.1 Å². The second-order valence-corrected chi connectivity index (χ2v) is 7.06. The van der Waals surface area contributed by atoms with Crippen LogP contribution in [-0.4, -0.2) is 0 Å². The molecule has 132 valence electrons. The molecule has 0 N–H and O–H groups in total. The van der Waals surface area contributed by atoms with E-state index in [4.69, 9.17) is 0 Å². The molecule has 4 rings (SSSR count). The van der Waals surface area contributed by atoms with Gasteiger partial charge in [0.1, 0.15) is 0 Å². The van der Waals surface area contributed by atoms with Gasteiger partial charge in [-0.1, -0.05) is 98.3 Å². The summed E-state index contributed by atoms with van der Waals surface area (Å²) in [5.74, 6) is 0.372. The first-order valence-corrected chi connectivity index (χ1v) is 8.40. The van der Waals surface area contributed by atoms with Crippen LogP contribution in [0.5, 0.6) is 0 Å². The molecule has 0 amide bonds. The normalized spacial score (nSPS) is 14.8. The third-order valence-electron chi connectivity index (χ3n) is 5.19. The molecule has 0 spiro atoms. The number of hydrogen-bond donors (Lipinski definition) is 0. The molecule has 0 aliphatic heterocycles. The molecule has 0 bridgehead atoms. The van der Waals surface area contributed by atoms with E-state index in [2.05, 4.69) is 92.8 Å². The molecule has 2 aliphatic carbocycles. The zero-order valence-corrected chi connectivity index (χ0v) is 19.0. The van der Waals surface area contributed by atoms with Gasteiger partial charge >= 0.3 is 26.2 Å². The third kappa shape index (κ3) is 4.17. The maximum Gasteiger partial charge on any atom is 2.00 e. The molecule has 2 aromatic carbocycles. The molecule has 0 saturated carbocycles. The van der Waals surface area contributed by atoms with Crippen molar-refractivity contribution < 1.29 is 51.0 Å². The zero-order chi connectivity index (χ0) is 15.9. The molecule has 0 saturated heterocycles. The molecule has 2 aromatic rings. The molecule has 2 aliphatic rings. The topological polar surface area (TPSA) is 0 Å². The zero-order valence-electron chi connectivity index (χ0n) is 15.0. The van der Waals surface area contributed by atoms with Crippen molar-refractivity contribution in [2.45, 2.75) is 26.2 Å². The average molecular weight is 461 g/mol. The van der Waals surface area contributed by atoms with Crippen LogP contribution in [0.2, 0.25) is 0 Å². The average Bonchev–Trinajstić information content (AvgIpc) is 3.20. The van der Waals surface area contributed by atoms with Crippen LogP contribution in [-0.2, 0) is 26.2 Å². The molecule has 0 radical (unpaired) electrons. The van der Waals surface area contributed by atoms with E-state index in [-0.39, 0.29) is 56.4 Å². The molecule has 26 heavy (non-hydrogen) atoms. The number of rotatable bonds is 3. The summed E-state index contributed by atoms with van der Waals surface area (Å²) in [6.07, 6.45) is 12.6. The number of hydrogen-bond acceptors (Lipinski definition) is 0. The molecule has 0 unspecified atom stereocenters. The van der Waals surface area contributed by atoms with Crippen molar-refractivity contribution in [3.63, 3.8) is 0 Å². The van der Waals surface area contributed by atoms with Crippen LogP contribution in [0.15, 0.2) is 84.5 Å². The third-order valence-corrected chi connectivity index (χ3v) is 5.19. The van der Waals surface area contributed by atoms with Gasteiger partial charge in [-0.15, -0.1) is 0 Å². The van der Waals surface area contributed by atoms with E-state index in [9.17, 15) is 0 Å². The second kappa shape index (κ2) is 9.36. The van der Waals surface area contributed by atoms with E-state index in [1.165, 1.54) is 27.8 Å². The van der Waals surface area contributed by atoms with E-state index in [0.717, 1.165) is 6.42 Å². The molecule has 0 aromatic heterocycles. The Morgan fingerprint density at radius 1 is 0.885 bits per heavy atom. The number of halogens is 2. The van der Waals surface area contributed by atoms with E-state index in [0.29, 0.717) is 5.92 Å². The van der Waals surface area contributed by atoms with Gasteiger partial charge in [-0.3, -0.25) is 0 Å². The summed E-state index contributed by atoms with van der Waals surface area (Å²) in [6, 6.07) is 17.6. The molecule has 3 heteroatoms. The van der Waals surface area contributed by atoms with Gasteiger partial charge in [0.15, 0.2) is 0 Å². The van der Waals surface area contributed by atoms with Gasteiger partial charge in [0, 0.05) is 11.3 Å². The SMILES string of the molecule is CC(C)(C=CC1c2ccccc2-c2ccccc21)C1=CC=CC1.[Cl-].[Cl-].[Zr+2]. The van der Waals surface area contributed by atoms with Gasteiger partial charge in [0.25, 0.3) is 0 Å². The Hall–Kier alpha value is -0.877. The molecular weight excluding hydrogens is 438 g/mol. The van der Waals surface area contributed by atoms with Crippen LogP contribution >= 0.6 is 0 Å². The molecular formula is C23H22Cl2Zr. The van der Waals surface area contributed by atoms with Crippen LogP contribution in [0.1, 0.15) is 37.3 Å². The number of allylic oxidation sites excluding steroid dienone is 6. The minimum Gasteiger partial charge on any atom is -1.00 e. The minimum absolute atomic E-state index is 0. The van der Waals surface area contributed by atoms with Gasteiger partial charge in [-0.2, -0.15) is 0 Å². The Bertz CT molecular complexity index is 801. The van der Waals surface area contributed by atoms with Gasteiger partial charge in [-0.25, -0.2) is 0 Å². The summed E-state index contributed by atoms with van der Waals surface area (Å²) >= 11 is 0. The van der Waals surface area contributed by atoms with Crippen molar-refractivity contribution in [2.24, 2.45) is 5.41 Å². The maximum absolute atomic E-state index is 2.41. The van der Waals surface area contributed by atoms with Crippen LogP contribution < -0.4 is 24.8 Å². The van der Waals surface area contributed by atoms with Crippen LogP contribution in [0, 0.1) is 5.41 Å². The van der Waals surface area contributed by atoms with Crippen molar-refractivity contribution in [3.8, 4) is 11.1 Å². The Labute approximate surface area is 188 Å². The number of fused-ring (bicyclic) bond motifs is 3. The monoisotopic (exact) mass is 458 g/mol. The summed E-state index contributed by atoms with van der Waals surface area (Å²) < 4.78 is 0. The Kier molecular flexibility index (Phi) is 8.34. The minimum atomic E-state index is 0. The van der Waals surface area contributed by atoms with E-state index < -0.39 is 0 Å². The van der Waals surface area contributed by atoms with Crippen molar-refractivity contribution in [1.82, 2.24) is 0 Å². The van der Waals surface area contributed by atoms with Crippen LogP contribution in [0.3, 0.4) is 0 Å². The predicted molar refractivity (Wildman–Crippen MR) is 98.5 cm³/mol. The van der Waals surface area contributed by atoms with Crippen LogP contribution in [0.4, 0.5) is 0 Å². The van der Waals surface area contributed by atoms with Crippen molar-refractivity contribution in [3.05, 3.63) is 95.6 Å². The Morgan fingerprint density at radius 3 is 1.92 bits per heavy atom. The largest absolute Gasteiger partial charge is 2.00 e. The van der Waals surface area contributed by atoms with Gasteiger partial charge in [0.05, 0.1) is 0 Å². The summed E-state index contributed by atoms with van der Waals surface area (Å²) in [7, 11) is 0. The van der Waals surface area contributed by atoms with E-state index >= 15 is 0 Å². The fourth-order valence-corrected chi connectivity index (χ4v) is 3.77. The molecule has 0 nitrogen and oxygen atoms in total. The van der Waals surface area contributed by atoms with Crippen molar-refractivity contribution >= 4 is 0 Å². The summed E-state index contributed by atoms with van der Waals surface area (Å²) in [6.45, 7) is 4.63. The van der Waals surface area contributed by atoms with Gasteiger partial charge < -0.3 is 24.8 Å². The Morgan fingerprint density at radius 2 is 1.42 bits per heavy atom. The second-order valence-electron chi connectivity index (χ2n) is 7.06. The first kappa shape index (κ1) is 23.2. The maximum atomic E-state index is 2.41. The van der Waals surface area contributed by atoms with Gasteiger partial charge in [-0.05, 0) is 28.7 Å².